The molecule has 0 heterocycles. The Balaban J connectivity index is 2.88. The number of carbonyl (C=O) groups is 1. The Morgan fingerprint density at radius 2 is 1.89 bits per heavy atom. The first-order chi connectivity index (χ1) is 8.72. The number of hydrogen-bond acceptors (Lipinski definition) is 4. The summed E-state index contributed by atoms with van der Waals surface area (Å²) in [6, 6.07) is 4.33. The number of urea groups is 1. The molecule has 0 aliphatic carbocycles. The van der Waals surface area contributed by atoms with Gasteiger partial charge in [0.1, 0.15) is 0 Å². The van der Waals surface area contributed by atoms with Crippen molar-refractivity contribution in [3.05, 3.63) is 34.4 Å². The van der Waals surface area contributed by atoms with Crippen LogP contribution in [0.3, 0.4) is 0 Å². The Kier molecular flexibility index (Phi) is 4.49. The van der Waals surface area contributed by atoms with Crippen LogP contribution < -0.4 is 10.0 Å². The number of rotatable bonds is 4. The molecule has 1 rings (SSSR count). The van der Waals surface area contributed by atoms with Gasteiger partial charge in [0.15, 0.2) is 0 Å². The Hall–Kier alpha value is -2.09. The number of benzene rings is 1. The fraction of sp³-hybridized carbons (Fsp3) is 0.273. The molecule has 104 valence electrons. The first kappa shape index (κ1) is 15.0. The minimum Gasteiger partial charge on any atom is -0.335 e. The van der Waals surface area contributed by atoms with E-state index in [-0.39, 0.29) is 16.6 Å². The van der Waals surface area contributed by atoms with E-state index < -0.39 is 20.7 Å². The van der Waals surface area contributed by atoms with Crippen molar-refractivity contribution in [2.75, 3.05) is 0 Å². The number of non-ortho nitro benzene ring substituents is 1. The van der Waals surface area contributed by atoms with Crippen LogP contribution in [0.2, 0.25) is 0 Å². The lowest BCUT2D eigenvalue weighted by Crippen LogP contribution is -2.42. The molecule has 1 aromatic carbocycles. The second-order valence-corrected chi connectivity index (χ2v) is 6.18. The molecule has 7 nitrogen and oxygen atoms in total. The molecule has 1 atom stereocenters. The van der Waals surface area contributed by atoms with Crippen molar-refractivity contribution in [3.8, 4) is 0 Å². The minimum absolute atomic E-state index is 0.105. The van der Waals surface area contributed by atoms with Crippen LogP contribution in [-0.2, 0) is 9.71 Å². The van der Waals surface area contributed by atoms with Crippen molar-refractivity contribution in [3.63, 3.8) is 0 Å². The standard InChI is InChI=1S/C11H15N3O4S/c1-8(2)12-11(15)13-19(3,18)10-6-4-9(5-7-10)14(16)17/h4-8H,3H2,1-2H3,(H2,12,13,15,18). The summed E-state index contributed by atoms with van der Waals surface area (Å²) >= 11 is 0. The van der Waals surface area contributed by atoms with Gasteiger partial charge in [-0.05, 0) is 31.9 Å². The molecule has 0 radical (unpaired) electrons. The van der Waals surface area contributed by atoms with Gasteiger partial charge >= 0.3 is 6.03 Å². The zero-order valence-electron chi connectivity index (χ0n) is 10.6. The smallest absolute Gasteiger partial charge is 0.326 e. The average molecular weight is 285 g/mol. The van der Waals surface area contributed by atoms with Crippen LogP contribution >= 0.6 is 0 Å². The van der Waals surface area contributed by atoms with Crippen molar-refractivity contribution in [2.45, 2.75) is 24.8 Å². The van der Waals surface area contributed by atoms with Gasteiger partial charge in [-0.1, -0.05) is 0 Å². The molecular weight excluding hydrogens is 270 g/mol. The van der Waals surface area contributed by atoms with Crippen molar-refractivity contribution in [1.29, 1.82) is 0 Å². The van der Waals surface area contributed by atoms with Crippen LogP contribution in [-0.4, -0.2) is 27.1 Å². The number of carbonyl (C=O) groups excluding carboxylic acids is 1. The molecule has 2 amide bonds. The number of hydrogen-bond donors (Lipinski definition) is 2. The number of nitrogens with one attached hydrogen (secondary N) is 2. The van der Waals surface area contributed by atoms with Gasteiger partial charge in [-0.25, -0.2) is 9.00 Å². The lowest BCUT2D eigenvalue weighted by molar-refractivity contribution is -0.384. The van der Waals surface area contributed by atoms with E-state index in [2.05, 4.69) is 15.9 Å². The van der Waals surface area contributed by atoms with E-state index in [1.54, 1.807) is 13.8 Å². The lowest BCUT2D eigenvalue weighted by Gasteiger charge is -2.14. The third-order valence-electron chi connectivity index (χ3n) is 2.11. The van der Waals surface area contributed by atoms with Crippen LogP contribution in [0.5, 0.6) is 0 Å². The minimum atomic E-state index is -3.03. The number of nitro benzene ring substituents is 1. The predicted octanol–water partition coefficient (Wildman–Crippen LogP) is 1.29. The Bertz CT molecular complexity index is 578. The van der Waals surface area contributed by atoms with Gasteiger partial charge < -0.3 is 5.32 Å². The lowest BCUT2D eigenvalue weighted by atomic mass is 10.3. The highest BCUT2D eigenvalue weighted by Gasteiger charge is 2.14. The molecule has 0 aliphatic rings. The van der Waals surface area contributed by atoms with E-state index >= 15 is 0 Å². The Morgan fingerprint density at radius 3 is 2.32 bits per heavy atom. The average Bonchev–Trinajstić information content (AvgIpc) is 2.27. The van der Waals surface area contributed by atoms with Gasteiger partial charge in [0.25, 0.3) is 5.69 Å². The van der Waals surface area contributed by atoms with Crippen LogP contribution in [0, 0.1) is 10.1 Å². The normalized spacial score (nSPS) is 13.6. The number of nitro groups is 1. The summed E-state index contributed by atoms with van der Waals surface area (Å²) in [5, 5.41) is 13.0. The van der Waals surface area contributed by atoms with Gasteiger partial charge in [0.2, 0.25) is 0 Å². The van der Waals surface area contributed by atoms with Gasteiger partial charge in [-0.2, -0.15) is 0 Å². The van der Waals surface area contributed by atoms with Gasteiger partial charge in [-0.3, -0.25) is 14.8 Å². The largest absolute Gasteiger partial charge is 0.335 e. The molecule has 0 fully saturated rings. The molecule has 0 aliphatic heterocycles. The zero-order chi connectivity index (χ0) is 14.6. The topological polar surface area (TPSA) is 101 Å². The van der Waals surface area contributed by atoms with E-state index in [0.717, 1.165) is 0 Å². The van der Waals surface area contributed by atoms with E-state index in [4.69, 9.17) is 0 Å². The van der Waals surface area contributed by atoms with Crippen LogP contribution in [0.15, 0.2) is 29.2 Å². The maximum atomic E-state index is 12.2. The first-order valence-electron chi connectivity index (χ1n) is 5.42. The third-order valence-corrected chi connectivity index (χ3v) is 3.65. The molecule has 8 heteroatoms. The highest BCUT2D eigenvalue weighted by Crippen LogP contribution is 2.15. The quantitative estimate of drug-likeness (QED) is 0.494. The van der Waals surface area contributed by atoms with E-state index in [9.17, 15) is 19.1 Å². The second-order valence-electron chi connectivity index (χ2n) is 4.16. The summed E-state index contributed by atoms with van der Waals surface area (Å²) in [5.41, 5.74) is -0.120. The summed E-state index contributed by atoms with van der Waals surface area (Å²) in [6.07, 6.45) is 0. The summed E-state index contributed by atoms with van der Waals surface area (Å²) in [7, 11) is -3.03. The van der Waals surface area contributed by atoms with Crippen LogP contribution in [0.4, 0.5) is 10.5 Å². The van der Waals surface area contributed by atoms with Crippen LogP contribution in [0.1, 0.15) is 13.8 Å². The number of amides is 2. The summed E-state index contributed by atoms with van der Waals surface area (Å²) in [6.45, 7) is 3.52. The van der Waals surface area contributed by atoms with E-state index in [1.807, 2.05) is 0 Å². The van der Waals surface area contributed by atoms with Crippen molar-refractivity contribution < 1.29 is 13.9 Å². The van der Waals surface area contributed by atoms with Crippen molar-refractivity contribution >= 4 is 27.3 Å². The molecule has 0 aromatic heterocycles. The molecule has 0 bridgehead atoms. The molecular formula is C11H15N3O4S. The molecule has 19 heavy (non-hydrogen) atoms. The van der Waals surface area contributed by atoms with E-state index in [1.165, 1.54) is 24.3 Å². The predicted molar refractivity (Wildman–Crippen MR) is 73.4 cm³/mol. The van der Waals surface area contributed by atoms with Crippen molar-refractivity contribution in [1.82, 2.24) is 10.0 Å². The fourth-order valence-corrected chi connectivity index (χ4v) is 2.34. The van der Waals surface area contributed by atoms with Gasteiger partial charge in [0, 0.05) is 18.2 Å². The van der Waals surface area contributed by atoms with Gasteiger partial charge in [-0.15, -0.1) is 0 Å². The highest BCUT2D eigenvalue weighted by atomic mass is 32.2. The maximum absolute atomic E-state index is 12.2. The van der Waals surface area contributed by atoms with Crippen LogP contribution in [0.25, 0.3) is 0 Å². The molecule has 0 saturated heterocycles. The molecule has 0 saturated carbocycles. The van der Waals surface area contributed by atoms with E-state index in [0.29, 0.717) is 0 Å². The summed E-state index contributed by atoms with van der Waals surface area (Å²) in [5.74, 6) is 3.45. The summed E-state index contributed by atoms with van der Waals surface area (Å²) < 4.78 is 14.5. The molecule has 1 aromatic rings. The summed E-state index contributed by atoms with van der Waals surface area (Å²) in [4.78, 5) is 21.6. The highest BCUT2D eigenvalue weighted by molar-refractivity contribution is 7.99. The molecule has 0 spiro atoms. The molecule has 1 unspecified atom stereocenters. The molecule has 2 N–H and O–H groups in total. The SMILES string of the molecule is C=S(=O)(NC(=O)NC(C)C)c1ccc([N+](=O)[O-])cc1. The maximum Gasteiger partial charge on any atom is 0.326 e. The van der Waals surface area contributed by atoms with Crippen molar-refractivity contribution in [2.24, 2.45) is 0 Å². The third kappa shape index (κ3) is 4.25. The first-order valence-corrected chi connectivity index (χ1v) is 7.15. The van der Waals surface area contributed by atoms with Gasteiger partial charge in [0.05, 0.1) is 19.5 Å². The number of nitrogens with zero attached hydrogens (tertiary/aromatic N) is 1. The second kappa shape index (κ2) is 5.70. The zero-order valence-corrected chi connectivity index (χ0v) is 11.4. The fourth-order valence-electron chi connectivity index (χ4n) is 1.29. The monoisotopic (exact) mass is 285 g/mol. The Morgan fingerprint density at radius 1 is 1.37 bits per heavy atom. The Labute approximate surface area is 111 Å².